The first-order chi connectivity index (χ1) is 19.8. The van der Waals surface area contributed by atoms with E-state index in [2.05, 4.69) is 39.1 Å². The van der Waals surface area contributed by atoms with Gasteiger partial charge in [0.1, 0.15) is 0 Å². The summed E-state index contributed by atoms with van der Waals surface area (Å²) in [6.45, 7) is 6.25. The zero-order valence-electron chi connectivity index (χ0n) is 27.5. The molecule has 0 aromatic rings. The highest BCUT2D eigenvalue weighted by molar-refractivity contribution is 7.80. The summed E-state index contributed by atoms with van der Waals surface area (Å²) >= 11 is 9.10. The Morgan fingerprint density at radius 3 is 0.725 bits per heavy atom. The van der Waals surface area contributed by atoms with Crippen molar-refractivity contribution in [3.8, 4) is 0 Å². The van der Waals surface area contributed by atoms with E-state index in [4.69, 9.17) is 9.47 Å². The molecule has 0 aliphatic rings. The Hall–Kier alpha value is 0.620. The van der Waals surface area contributed by atoms with E-state index in [-0.39, 0.29) is 12.2 Å². The van der Waals surface area contributed by atoms with Crippen LogP contribution in [0, 0.1) is 0 Å². The fraction of sp³-hybridized carbons (Fsp3) is 1.00. The van der Waals surface area contributed by atoms with Crippen LogP contribution in [0.25, 0.3) is 0 Å². The first-order valence-corrected chi connectivity index (χ1v) is 19.5. The normalized spacial score (nSPS) is 13.2. The summed E-state index contributed by atoms with van der Waals surface area (Å²) < 4.78 is 12.4. The summed E-state index contributed by atoms with van der Waals surface area (Å²) in [6, 6.07) is 0. The molecule has 0 aromatic carbocycles. The van der Waals surface area contributed by atoms with Gasteiger partial charge < -0.3 is 9.47 Å². The maximum absolute atomic E-state index is 6.18. The Kier molecular flexibility index (Phi) is 36.4. The van der Waals surface area contributed by atoms with E-state index >= 15 is 0 Å². The van der Waals surface area contributed by atoms with Gasteiger partial charge in [0.15, 0.2) is 0 Å². The van der Waals surface area contributed by atoms with Gasteiger partial charge >= 0.3 is 0 Å². The van der Waals surface area contributed by atoms with E-state index in [1.807, 2.05) is 0 Å². The number of hydrogen-bond donors (Lipinski definition) is 2. The third-order valence-corrected chi connectivity index (χ3v) is 9.15. The molecule has 0 aliphatic heterocycles. The minimum absolute atomic E-state index is 0.0643. The monoisotopic (exact) mass is 603 g/mol. The van der Waals surface area contributed by atoms with Crippen LogP contribution < -0.4 is 0 Å². The molecule has 2 nitrogen and oxygen atoms in total. The molecular formula is C36H74O2S2. The molecule has 2 atom stereocenters. The molecule has 0 radical (unpaired) electrons. The van der Waals surface area contributed by atoms with Gasteiger partial charge in [0.25, 0.3) is 0 Å². The van der Waals surface area contributed by atoms with Crippen LogP contribution in [0.1, 0.15) is 194 Å². The first-order valence-electron chi connectivity index (χ1n) is 18.2. The van der Waals surface area contributed by atoms with Gasteiger partial charge in [-0.2, -0.15) is 25.3 Å². The first kappa shape index (κ1) is 40.6. The standard InChI is InChI=1S/C36H74O2S2/c1-3-5-7-9-11-13-15-17-19-21-23-25-27-29-31-37-35(33-39)36(34-40)38-32-30-28-26-24-22-20-18-16-14-12-10-8-6-4-2/h35-36,39-40H,3-34H2,1-2H3/t35-,36+. The summed E-state index contributed by atoms with van der Waals surface area (Å²) in [7, 11) is 0. The molecular weight excluding hydrogens is 529 g/mol. The number of unbranched alkanes of at least 4 members (excludes halogenated alkanes) is 26. The lowest BCUT2D eigenvalue weighted by Gasteiger charge is -2.25. The van der Waals surface area contributed by atoms with Crippen molar-refractivity contribution < 1.29 is 9.47 Å². The second-order valence-electron chi connectivity index (χ2n) is 12.4. The maximum atomic E-state index is 6.18. The van der Waals surface area contributed by atoms with Crippen LogP contribution in [0.2, 0.25) is 0 Å². The molecule has 0 unspecified atom stereocenters. The molecule has 40 heavy (non-hydrogen) atoms. The van der Waals surface area contributed by atoms with Gasteiger partial charge in [0.2, 0.25) is 0 Å². The van der Waals surface area contributed by atoms with Gasteiger partial charge in [-0.3, -0.25) is 0 Å². The molecule has 242 valence electrons. The van der Waals surface area contributed by atoms with Crippen LogP contribution >= 0.6 is 25.3 Å². The van der Waals surface area contributed by atoms with Crippen LogP contribution in [-0.2, 0) is 9.47 Å². The highest BCUT2D eigenvalue weighted by Crippen LogP contribution is 2.16. The Labute approximate surface area is 264 Å². The molecule has 0 bridgehead atoms. The van der Waals surface area contributed by atoms with Crippen molar-refractivity contribution in [2.75, 3.05) is 24.7 Å². The van der Waals surface area contributed by atoms with Gasteiger partial charge in [0, 0.05) is 24.7 Å². The van der Waals surface area contributed by atoms with Crippen molar-refractivity contribution >= 4 is 25.3 Å². The molecule has 0 amide bonds. The van der Waals surface area contributed by atoms with Crippen LogP contribution in [-0.4, -0.2) is 36.9 Å². The van der Waals surface area contributed by atoms with Gasteiger partial charge in [-0.05, 0) is 12.8 Å². The minimum Gasteiger partial charge on any atom is -0.375 e. The molecule has 4 heteroatoms. The molecule has 0 fully saturated rings. The molecule has 0 rings (SSSR count). The van der Waals surface area contributed by atoms with E-state index in [1.165, 1.54) is 167 Å². The van der Waals surface area contributed by atoms with Crippen LogP contribution in [0.4, 0.5) is 0 Å². The van der Waals surface area contributed by atoms with Crippen molar-refractivity contribution in [3.63, 3.8) is 0 Å². The van der Waals surface area contributed by atoms with Crippen molar-refractivity contribution in [2.45, 2.75) is 206 Å². The highest BCUT2D eigenvalue weighted by Gasteiger charge is 2.20. The van der Waals surface area contributed by atoms with Gasteiger partial charge in [0.05, 0.1) is 12.2 Å². The molecule has 0 heterocycles. The van der Waals surface area contributed by atoms with Crippen molar-refractivity contribution in [1.29, 1.82) is 0 Å². The Balaban J connectivity index is 3.51. The lowest BCUT2D eigenvalue weighted by atomic mass is 10.0. The second kappa shape index (κ2) is 35.8. The fourth-order valence-corrected chi connectivity index (χ4v) is 6.30. The van der Waals surface area contributed by atoms with Crippen molar-refractivity contribution in [1.82, 2.24) is 0 Å². The summed E-state index contributed by atoms with van der Waals surface area (Å²) in [5, 5.41) is 0. The molecule has 0 saturated heterocycles. The Morgan fingerprint density at radius 1 is 0.325 bits per heavy atom. The highest BCUT2D eigenvalue weighted by atomic mass is 32.1. The van der Waals surface area contributed by atoms with E-state index in [9.17, 15) is 0 Å². The number of ether oxygens (including phenoxy) is 2. The number of thiol groups is 2. The summed E-state index contributed by atoms with van der Waals surface area (Å²) in [5.41, 5.74) is 0. The van der Waals surface area contributed by atoms with Gasteiger partial charge in [-0.1, -0.05) is 181 Å². The zero-order chi connectivity index (χ0) is 29.2. The summed E-state index contributed by atoms with van der Waals surface area (Å²) in [4.78, 5) is 0. The topological polar surface area (TPSA) is 18.5 Å². The second-order valence-corrected chi connectivity index (χ2v) is 13.1. The Morgan fingerprint density at radius 2 is 0.525 bits per heavy atom. The fourth-order valence-electron chi connectivity index (χ4n) is 5.62. The molecule has 0 saturated carbocycles. The average Bonchev–Trinajstić information content (AvgIpc) is 2.97. The van der Waals surface area contributed by atoms with Gasteiger partial charge in [-0.25, -0.2) is 0 Å². The minimum atomic E-state index is 0.0643. The summed E-state index contributed by atoms with van der Waals surface area (Å²) in [5.74, 6) is 1.42. The SMILES string of the molecule is CCCCCCCCCCCCCCCCO[C@@H](CS)[C@@H](CS)OCCCCCCCCCCCCCCCC. The third kappa shape index (κ3) is 30.1. The molecule has 0 aromatic heterocycles. The quantitative estimate of drug-likeness (QED) is 0.0555. The van der Waals surface area contributed by atoms with E-state index in [0.717, 1.165) is 26.1 Å². The summed E-state index contributed by atoms with van der Waals surface area (Å²) in [6.07, 6.45) is 39.0. The molecule has 0 aliphatic carbocycles. The number of hydrogen-bond acceptors (Lipinski definition) is 4. The lowest BCUT2D eigenvalue weighted by molar-refractivity contribution is -0.0529. The molecule has 0 spiro atoms. The largest absolute Gasteiger partial charge is 0.375 e. The van der Waals surface area contributed by atoms with Crippen LogP contribution in [0.3, 0.4) is 0 Å². The van der Waals surface area contributed by atoms with Crippen molar-refractivity contribution in [2.24, 2.45) is 0 Å². The van der Waals surface area contributed by atoms with E-state index in [0.29, 0.717) is 11.5 Å². The van der Waals surface area contributed by atoms with E-state index < -0.39 is 0 Å². The lowest BCUT2D eigenvalue weighted by Crippen LogP contribution is -2.35. The maximum Gasteiger partial charge on any atom is 0.0932 e. The predicted octanol–water partition coefficient (Wildman–Crippen LogP) is 12.6. The smallest absolute Gasteiger partial charge is 0.0932 e. The van der Waals surface area contributed by atoms with Crippen LogP contribution in [0.5, 0.6) is 0 Å². The van der Waals surface area contributed by atoms with Crippen LogP contribution in [0.15, 0.2) is 0 Å². The Bertz CT molecular complexity index is 409. The van der Waals surface area contributed by atoms with Crippen molar-refractivity contribution in [3.05, 3.63) is 0 Å². The van der Waals surface area contributed by atoms with Gasteiger partial charge in [-0.15, -0.1) is 0 Å². The number of rotatable bonds is 35. The third-order valence-electron chi connectivity index (χ3n) is 8.43. The predicted molar refractivity (Wildman–Crippen MR) is 188 cm³/mol. The average molecular weight is 603 g/mol. The zero-order valence-corrected chi connectivity index (χ0v) is 29.3. The van der Waals surface area contributed by atoms with E-state index in [1.54, 1.807) is 0 Å². The molecule has 0 N–H and O–H groups in total.